The van der Waals surface area contributed by atoms with Crippen molar-refractivity contribution in [1.82, 2.24) is 9.88 Å². The molecular weight excluding hydrogens is 244 g/mol. The van der Waals surface area contributed by atoms with Crippen molar-refractivity contribution < 1.29 is 10.0 Å². The molecule has 1 aliphatic rings. The van der Waals surface area contributed by atoms with Crippen LogP contribution in [0.5, 0.6) is 0 Å². The fraction of sp³-hybridized carbons (Fsp3) is 0.462. The number of hydrogen-bond acceptors (Lipinski definition) is 4. The first kappa shape index (κ1) is 13.3. The Morgan fingerprint density at radius 2 is 2.32 bits per heavy atom. The minimum absolute atomic E-state index is 0.0111. The summed E-state index contributed by atoms with van der Waals surface area (Å²) in [6.45, 7) is 2.91. The second-order valence-electron chi connectivity index (χ2n) is 4.71. The van der Waals surface area contributed by atoms with Crippen LogP contribution in [0.15, 0.2) is 29.6 Å². The quantitative estimate of drug-likeness (QED) is 0.358. The van der Waals surface area contributed by atoms with E-state index >= 15 is 0 Å². The zero-order valence-electron chi connectivity index (χ0n) is 10.9. The molecule has 0 radical (unpaired) electrons. The first-order chi connectivity index (χ1) is 9.14. The van der Waals surface area contributed by atoms with E-state index in [9.17, 15) is 4.79 Å². The number of carbonyl (C=O) groups is 1. The van der Waals surface area contributed by atoms with Crippen molar-refractivity contribution in [2.75, 3.05) is 6.54 Å². The van der Waals surface area contributed by atoms with Gasteiger partial charge in [0, 0.05) is 12.7 Å². The Hall–Kier alpha value is -2.11. The molecule has 0 unspecified atom stereocenters. The third kappa shape index (κ3) is 2.52. The lowest BCUT2D eigenvalue weighted by Gasteiger charge is -2.25. The number of amidine groups is 1. The molecule has 1 aromatic rings. The maximum Gasteiger partial charge on any atom is 0.236 e. The summed E-state index contributed by atoms with van der Waals surface area (Å²) in [4.78, 5) is 18.4. The Balaban J connectivity index is 2.13. The smallest absolute Gasteiger partial charge is 0.236 e. The number of nitrogens with zero attached hydrogens (tertiary/aromatic N) is 3. The number of aromatic nitrogens is 1. The maximum absolute atomic E-state index is 12.5. The minimum atomic E-state index is -0.792. The summed E-state index contributed by atoms with van der Waals surface area (Å²) in [5, 5.41) is 11.8. The first-order valence-corrected chi connectivity index (χ1v) is 6.31. The van der Waals surface area contributed by atoms with Gasteiger partial charge >= 0.3 is 0 Å². The molecule has 1 saturated carbocycles. The summed E-state index contributed by atoms with van der Waals surface area (Å²) in [5.41, 5.74) is 5.67. The third-order valence-corrected chi connectivity index (χ3v) is 3.51. The number of nitrogens with two attached hydrogens (primary N) is 1. The Kier molecular flexibility index (Phi) is 3.69. The Bertz CT molecular complexity index is 483. The minimum Gasteiger partial charge on any atom is -0.409 e. The van der Waals surface area contributed by atoms with Crippen LogP contribution in [0.3, 0.4) is 0 Å². The van der Waals surface area contributed by atoms with E-state index in [0.29, 0.717) is 25.9 Å². The van der Waals surface area contributed by atoms with Gasteiger partial charge in [-0.05, 0) is 31.9 Å². The monoisotopic (exact) mass is 262 g/mol. The summed E-state index contributed by atoms with van der Waals surface area (Å²) in [5.74, 6) is -0.0760. The van der Waals surface area contributed by atoms with Gasteiger partial charge in [-0.15, -0.1) is 0 Å². The van der Waals surface area contributed by atoms with Gasteiger partial charge in [0.15, 0.2) is 5.84 Å². The van der Waals surface area contributed by atoms with E-state index in [4.69, 9.17) is 10.9 Å². The second kappa shape index (κ2) is 5.26. The van der Waals surface area contributed by atoms with Gasteiger partial charge in [-0.2, -0.15) is 0 Å². The maximum atomic E-state index is 12.5. The first-order valence-electron chi connectivity index (χ1n) is 6.31. The van der Waals surface area contributed by atoms with E-state index in [0.717, 1.165) is 5.69 Å². The van der Waals surface area contributed by atoms with Crippen molar-refractivity contribution in [2.45, 2.75) is 26.3 Å². The van der Waals surface area contributed by atoms with Crippen LogP contribution in [0.25, 0.3) is 0 Å². The van der Waals surface area contributed by atoms with Crippen molar-refractivity contribution >= 4 is 11.7 Å². The molecule has 1 amide bonds. The van der Waals surface area contributed by atoms with Crippen LogP contribution >= 0.6 is 0 Å². The van der Waals surface area contributed by atoms with Crippen molar-refractivity contribution in [3.63, 3.8) is 0 Å². The fourth-order valence-electron chi connectivity index (χ4n) is 2.12. The highest BCUT2D eigenvalue weighted by Gasteiger charge is 2.55. The lowest BCUT2D eigenvalue weighted by molar-refractivity contribution is -0.135. The predicted molar refractivity (Wildman–Crippen MR) is 70.4 cm³/mol. The highest BCUT2D eigenvalue weighted by atomic mass is 16.4. The normalized spacial score (nSPS) is 17.0. The zero-order valence-corrected chi connectivity index (χ0v) is 10.9. The molecule has 6 heteroatoms. The molecule has 3 N–H and O–H groups in total. The number of rotatable bonds is 5. The summed E-state index contributed by atoms with van der Waals surface area (Å²) in [6.07, 6.45) is 2.98. The van der Waals surface area contributed by atoms with Crippen LogP contribution in [-0.4, -0.2) is 33.4 Å². The topological polar surface area (TPSA) is 91.8 Å². The predicted octanol–water partition coefficient (Wildman–Crippen LogP) is 0.957. The third-order valence-electron chi connectivity index (χ3n) is 3.51. The molecule has 0 saturated heterocycles. The lowest BCUT2D eigenvalue weighted by Crippen LogP contribution is -2.43. The van der Waals surface area contributed by atoms with E-state index in [1.807, 2.05) is 25.1 Å². The van der Waals surface area contributed by atoms with Crippen molar-refractivity contribution in [3.8, 4) is 0 Å². The molecule has 6 nitrogen and oxygen atoms in total. The summed E-state index contributed by atoms with van der Waals surface area (Å²) >= 11 is 0. The highest BCUT2D eigenvalue weighted by Crippen LogP contribution is 2.47. The van der Waals surface area contributed by atoms with Crippen LogP contribution in [0.2, 0.25) is 0 Å². The van der Waals surface area contributed by atoms with E-state index in [1.165, 1.54) is 0 Å². The molecule has 2 rings (SSSR count). The Morgan fingerprint density at radius 1 is 1.58 bits per heavy atom. The molecule has 0 atom stereocenters. The average Bonchev–Trinajstić information content (AvgIpc) is 3.26. The number of pyridine rings is 1. The standard InChI is InChI=1S/C13H18N4O2/c1-2-17(9-10-5-3-4-8-15-10)12(18)13(6-7-13)11(14)16-19/h3-5,8,19H,2,6-7,9H2,1H3,(H2,14,16). The molecule has 0 aliphatic heterocycles. The molecule has 1 aromatic heterocycles. The fourth-order valence-corrected chi connectivity index (χ4v) is 2.12. The van der Waals surface area contributed by atoms with Crippen LogP contribution < -0.4 is 5.73 Å². The van der Waals surface area contributed by atoms with Gasteiger partial charge in [0.2, 0.25) is 5.91 Å². The Morgan fingerprint density at radius 3 is 2.79 bits per heavy atom. The van der Waals surface area contributed by atoms with Crippen LogP contribution in [-0.2, 0) is 11.3 Å². The SMILES string of the molecule is CCN(Cc1ccccn1)C(=O)C1(/C(N)=N/O)CC1. The van der Waals surface area contributed by atoms with Gasteiger partial charge in [0.1, 0.15) is 5.41 Å². The van der Waals surface area contributed by atoms with E-state index in [-0.39, 0.29) is 11.7 Å². The molecule has 1 fully saturated rings. The van der Waals surface area contributed by atoms with Crippen molar-refractivity contribution in [3.05, 3.63) is 30.1 Å². The summed E-state index contributed by atoms with van der Waals surface area (Å²) < 4.78 is 0. The van der Waals surface area contributed by atoms with Crippen LogP contribution in [0.1, 0.15) is 25.5 Å². The molecule has 1 heterocycles. The van der Waals surface area contributed by atoms with E-state index < -0.39 is 5.41 Å². The number of carbonyl (C=O) groups excluding carboxylic acids is 1. The van der Waals surface area contributed by atoms with E-state index in [1.54, 1.807) is 11.1 Å². The lowest BCUT2D eigenvalue weighted by atomic mass is 10.0. The average molecular weight is 262 g/mol. The van der Waals surface area contributed by atoms with E-state index in [2.05, 4.69) is 10.1 Å². The Labute approximate surface area is 111 Å². The highest BCUT2D eigenvalue weighted by molar-refractivity contribution is 6.09. The molecule has 0 aromatic carbocycles. The van der Waals surface area contributed by atoms with Gasteiger partial charge in [0.05, 0.1) is 12.2 Å². The largest absolute Gasteiger partial charge is 0.409 e. The van der Waals surface area contributed by atoms with Gasteiger partial charge < -0.3 is 15.8 Å². The van der Waals surface area contributed by atoms with Crippen molar-refractivity contribution in [1.29, 1.82) is 0 Å². The van der Waals surface area contributed by atoms with Crippen LogP contribution in [0.4, 0.5) is 0 Å². The van der Waals surface area contributed by atoms with Gasteiger partial charge in [-0.3, -0.25) is 9.78 Å². The molecule has 19 heavy (non-hydrogen) atoms. The number of oxime groups is 1. The number of hydrogen-bond donors (Lipinski definition) is 2. The molecule has 0 spiro atoms. The molecular formula is C13H18N4O2. The van der Waals surface area contributed by atoms with Gasteiger partial charge in [-0.25, -0.2) is 0 Å². The second-order valence-corrected chi connectivity index (χ2v) is 4.71. The van der Waals surface area contributed by atoms with Crippen LogP contribution in [0, 0.1) is 5.41 Å². The summed E-state index contributed by atoms with van der Waals surface area (Å²) in [7, 11) is 0. The number of amides is 1. The molecule has 102 valence electrons. The zero-order chi connectivity index (χ0) is 13.9. The molecule has 0 bridgehead atoms. The summed E-state index contributed by atoms with van der Waals surface area (Å²) in [6, 6.07) is 5.59. The molecule has 1 aliphatic carbocycles. The van der Waals surface area contributed by atoms with Gasteiger partial charge in [-0.1, -0.05) is 11.2 Å². The van der Waals surface area contributed by atoms with Crippen molar-refractivity contribution in [2.24, 2.45) is 16.3 Å². The van der Waals surface area contributed by atoms with Gasteiger partial charge in [0.25, 0.3) is 0 Å².